The molecule has 2 amide bonds. The quantitative estimate of drug-likeness (QED) is 0.852. The monoisotopic (exact) mass is 282 g/mol. The summed E-state index contributed by atoms with van der Waals surface area (Å²) in [5.41, 5.74) is -1.16. The lowest BCUT2D eigenvalue weighted by molar-refractivity contribution is -0.168. The van der Waals surface area contributed by atoms with Crippen molar-refractivity contribution in [3.05, 3.63) is 0 Å². The second kappa shape index (κ2) is 5.35. The molecule has 1 N–H and O–H groups in total. The highest BCUT2D eigenvalue weighted by Gasteiger charge is 2.52. The van der Waals surface area contributed by atoms with Gasteiger partial charge in [-0.25, -0.2) is 0 Å². The predicted octanol–water partition coefficient (Wildman–Crippen LogP) is 1.46. The molecular formula is C15H26N2O3. The summed E-state index contributed by atoms with van der Waals surface area (Å²) in [6.07, 6.45) is 3.05. The lowest BCUT2D eigenvalue weighted by Gasteiger charge is -2.53. The maximum atomic E-state index is 13.0. The molecule has 5 nitrogen and oxygen atoms in total. The van der Waals surface area contributed by atoms with Crippen molar-refractivity contribution in [3.63, 3.8) is 0 Å². The summed E-state index contributed by atoms with van der Waals surface area (Å²) in [5.74, 6) is -0.0114. The van der Waals surface area contributed by atoms with Gasteiger partial charge in [0.25, 0.3) is 0 Å². The molecule has 0 aromatic rings. The van der Waals surface area contributed by atoms with Crippen LogP contribution in [0.25, 0.3) is 0 Å². The van der Waals surface area contributed by atoms with Crippen molar-refractivity contribution < 1.29 is 14.3 Å². The second-order valence-electron chi connectivity index (χ2n) is 6.43. The molecule has 0 aromatic carbocycles. The zero-order chi connectivity index (χ0) is 15.0. The molecule has 2 saturated heterocycles. The number of rotatable bonds is 3. The first-order valence-corrected chi connectivity index (χ1v) is 7.61. The van der Waals surface area contributed by atoms with Crippen molar-refractivity contribution in [1.82, 2.24) is 10.2 Å². The molecule has 0 spiro atoms. The fraction of sp³-hybridized carbons (Fsp3) is 0.867. The van der Waals surface area contributed by atoms with E-state index in [1.165, 1.54) is 0 Å². The van der Waals surface area contributed by atoms with Crippen LogP contribution in [-0.2, 0) is 14.3 Å². The normalized spacial score (nSPS) is 38.8. The van der Waals surface area contributed by atoms with Crippen LogP contribution in [0.3, 0.4) is 0 Å². The highest BCUT2D eigenvalue weighted by molar-refractivity contribution is 6.00. The minimum atomic E-state index is -0.788. The molecule has 2 aliphatic rings. The Labute approximate surface area is 121 Å². The molecule has 3 atom stereocenters. The Balaban J connectivity index is 2.38. The molecule has 2 aliphatic heterocycles. The first-order chi connectivity index (χ1) is 9.38. The van der Waals surface area contributed by atoms with Gasteiger partial charge in [-0.3, -0.25) is 9.59 Å². The fourth-order valence-corrected chi connectivity index (χ4v) is 3.27. The van der Waals surface area contributed by atoms with Crippen molar-refractivity contribution in [3.8, 4) is 0 Å². The summed E-state index contributed by atoms with van der Waals surface area (Å²) in [4.78, 5) is 27.2. The van der Waals surface area contributed by atoms with Gasteiger partial charge in [0.15, 0.2) is 0 Å². The van der Waals surface area contributed by atoms with E-state index < -0.39 is 5.54 Å². The van der Waals surface area contributed by atoms with Gasteiger partial charge in [0.1, 0.15) is 11.6 Å². The Morgan fingerprint density at radius 2 is 2.05 bits per heavy atom. The third kappa shape index (κ3) is 2.32. The lowest BCUT2D eigenvalue weighted by Crippen LogP contribution is -2.74. The summed E-state index contributed by atoms with van der Waals surface area (Å²) in [5, 5.41) is 2.91. The van der Waals surface area contributed by atoms with Crippen LogP contribution < -0.4 is 5.32 Å². The molecule has 5 heteroatoms. The van der Waals surface area contributed by atoms with Crippen molar-refractivity contribution in [2.75, 3.05) is 13.2 Å². The van der Waals surface area contributed by atoms with Gasteiger partial charge in [0.2, 0.25) is 11.8 Å². The molecule has 3 unspecified atom stereocenters. The number of carbonyl (C=O) groups is 2. The van der Waals surface area contributed by atoms with E-state index in [-0.39, 0.29) is 23.4 Å². The largest absolute Gasteiger partial charge is 0.379 e. The second-order valence-corrected chi connectivity index (χ2v) is 6.43. The first-order valence-electron chi connectivity index (χ1n) is 7.61. The van der Waals surface area contributed by atoms with Crippen LogP contribution >= 0.6 is 0 Å². The third-order valence-corrected chi connectivity index (χ3v) is 4.80. The van der Waals surface area contributed by atoms with Crippen molar-refractivity contribution in [2.45, 2.75) is 70.5 Å². The maximum absolute atomic E-state index is 13.0. The van der Waals surface area contributed by atoms with E-state index in [0.29, 0.717) is 19.4 Å². The average Bonchev–Trinajstić information content (AvgIpc) is 2.43. The Morgan fingerprint density at radius 3 is 2.55 bits per heavy atom. The number of piperazine rings is 1. The Hall–Kier alpha value is -1.10. The molecule has 20 heavy (non-hydrogen) atoms. The SMILES string of the molecule is CCC1C(=O)NC(C)(CC)C(=O)N1C1(C)CCCOC1. The summed E-state index contributed by atoms with van der Waals surface area (Å²) in [7, 11) is 0. The van der Waals surface area contributed by atoms with Crippen LogP contribution in [0.2, 0.25) is 0 Å². The molecule has 0 bridgehead atoms. The Morgan fingerprint density at radius 1 is 1.35 bits per heavy atom. The number of hydrogen-bond donors (Lipinski definition) is 1. The van der Waals surface area contributed by atoms with Gasteiger partial charge in [0.05, 0.1) is 12.1 Å². The predicted molar refractivity (Wildman–Crippen MR) is 76.2 cm³/mol. The highest BCUT2D eigenvalue weighted by Crippen LogP contribution is 2.34. The molecule has 0 saturated carbocycles. The van der Waals surface area contributed by atoms with E-state index in [4.69, 9.17) is 4.74 Å². The van der Waals surface area contributed by atoms with Gasteiger partial charge in [-0.2, -0.15) is 0 Å². The van der Waals surface area contributed by atoms with Crippen LogP contribution in [0.1, 0.15) is 53.4 Å². The van der Waals surface area contributed by atoms with Gasteiger partial charge in [-0.1, -0.05) is 13.8 Å². The van der Waals surface area contributed by atoms with Crippen molar-refractivity contribution in [1.29, 1.82) is 0 Å². The molecule has 0 radical (unpaired) electrons. The fourth-order valence-electron chi connectivity index (χ4n) is 3.27. The maximum Gasteiger partial charge on any atom is 0.249 e. The van der Waals surface area contributed by atoms with Crippen LogP contribution in [0.5, 0.6) is 0 Å². The minimum absolute atomic E-state index is 0.0273. The zero-order valence-electron chi connectivity index (χ0n) is 13.0. The molecule has 0 aromatic heterocycles. The molecule has 114 valence electrons. The number of amides is 2. The van der Waals surface area contributed by atoms with Crippen LogP contribution in [0.15, 0.2) is 0 Å². The smallest absolute Gasteiger partial charge is 0.249 e. The summed E-state index contributed by atoms with van der Waals surface area (Å²) < 4.78 is 5.59. The number of nitrogens with zero attached hydrogens (tertiary/aromatic N) is 1. The van der Waals surface area contributed by atoms with E-state index in [9.17, 15) is 9.59 Å². The molecule has 0 aliphatic carbocycles. The van der Waals surface area contributed by atoms with E-state index >= 15 is 0 Å². The van der Waals surface area contributed by atoms with Crippen LogP contribution in [-0.4, -0.2) is 47.0 Å². The van der Waals surface area contributed by atoms with Crippen LogP contribution in [0, 0.1) is 0 Å². The van der Waals surface area contributed by atoms with Gasteiger partial charge < -0.3 is 15.0 Å². The van der Waals surface area contributed by atoms with Gasteiger partial charge in [-0.15, -0.1) is 0 Å². The van der Waals surface area contributed by atoms with Gasteiger partial charge in [0, 0.05) is 6.61 Å². The van der Waals surface area contributed by atoms with E-state index in [1.54, 1.807) is 0 Å². The van der Waals surface area contributed by atoms with Crippen LogP contribution in [0.4, 0.5) is 0 Å². The first kappa shape index (κ1) is 15.3. The van der Waals surface area contributed by atoms with Crippen molar-refractivity contribution >= 4 is 11.8 Å². The average molecular weight is 282 g/mol. The number of nitrogens with one attached hydrogen (secondary N) is 1. The Kier molecular flexibility index (Phi) is 4.09. The summed E-state index contributed by atoms with van der Waals surface area (Å²) >= 11 is 0. The molecule has 2 fully saturated rings. The van der Waals surface area contributed by atoms with Gasteiger partial charge in [-0.05, 0) is 39.5 Å². The lowest BCUT2D eigenvalue weighted by atomic mass is 9.83. The number of ether oxygens (including phenoxy) is 1. The Bertz CT molecular complexity index is 404. The summed E-state index contributed by atoms with van der Waals surface area (Å²) in [6.45, 7) is 9.00. The van der Waals surface area contributed by atoms with Gasteiger partial charge >= 0.3 is 0 Å². The molecule has 2 heterocycles. The number of carbonyl (C=O) groups excluding carboxylic acids is 2. The molecule has 2 rings (SSSR count). The standard InChI is InChI=1S/C15H26N2O3/c1-5-11-12(18)16-15(4,6-2)13(19)17(11)14(3)8-7-9-20-10-14/h11H,5-10H2,1-4H3,(H,16,18). The third-order valence-electron chi connectivity index (χ3n) is 4.80. The van der Waals surface area contributed by atoms with Crippen molar-refractivity contribution in [2.24, 2.45) is 0 Å². The molecular weight excluding hydrogens is 256 g/mol. The topological polar surface area (TPSA) is 58.6 Å². The number of hydrogen-bond acceptors (Lipinski definition) is 3. The van der Waals surface area contributed by atoms with E-state index in [2.05, 4.69) is 5.32 Å². The zero-order valence-corrected chi connectivity index (χ0v) is 13.0. The van der Waals surface area contributed by atoms with E-state index in [0.717, 1.165) is 19.4 Å². The highest BCUT2D eigenvalue weighted by atomic mass is 16.5. The minimum Gasteiger partial charge on any atom is -0.379 e. The summed E-state index contributed by atoms with van der Waals surface area (Å²) in [6, 6.07) is -0.381. The van der Waals surface area contributed by atoms with E-state index in [1.807, 2.05) is 32.6 Å².